The summed E-state index contributed by atoms with van der Waals surface area (Å²) in [6.45, 7) is 2.96. The first-order valence-corrected chi connectivity index (χ1v) is 14.5. The lowest BCUT2D eigenvalue weighted by molar-refractivity contribution is -0.131. The highest BCUT2D eigenvalue weighted by molar-refractivity contribution is 6.33. The van der Waals surface area contributed by atoms with Crippen LogP contribution in [-0.2, 0) is 11.2 Å². The summed E-state index contributed by atoms with van der Waals surface area (Å²) < 4.78 is 5.32. The number of methoxy groups -OCH3 is 1. The molecule has 0 aliphatic carbocycles. The van der Waals surface area contributed by atoms with Crippen molar-refractivity contribution in [1.29, 1.82) is 0 Å². The van der Waals surface area contributed by atoms with E-state index in [9.17, 15) is 9.59 Å². The van der Waals surface area contributed by atoms with Gasteiger partial charge in [0.05, 0.1) is 17.8 Å². The minimum Gasteiger partial charge on any atom is -0.497 e. The monoisotopic (exact) mass is 583 g/mol. The van der Waals surface area contributed by atoms with Crippen LogP contribution in [0.15, 0.2) is 91.0 Å². The summed E-state index contributed by atoms with van der Waals surface area (Å²) in [6.07, 6.45) is 1.44. The van der Waals surface area contributed by atoms with E-state index in [1.165, 1.54) is 0 Å². The minimum absolute atomic E-state index is 0.00914. The van der Waals surface area contributed by atoms with Gasteiger partial charge >= 0.3 is 0 Å². The van der Waals surface area contributed by atoms with Gasteiger partial charge < -0.3 is 19.4 Å². The summed E-state index contributed by atoms with van der Waals surface area (Å²) in [7, 11) is 1.57. The number of hydrogen-bond acceptors (Lipinski definition) is 6. The van der Waals surface area contributed by atoms with Crippen molar-refractivity contribution in [3.05, 3.63) is 107 Å². The number of halogens is 1. The van der Waals surface area contributed by atoms with E-state index in [4.69, 9.17) is 16.3 Å². The number of hydrogen-bond donors (Lipinski definition) is 0. The zero-order chi connectivity index (χ0) is 29.3. The largest absolute Gasteiger partial charge is 0.497 e. The van der Waals surface area contributed by atoms with Crippen LogP contribution in [0.1, 0.15) is 22.3 Å². The summed E-state index contributed by atoms with van der Waals surface area (Å²) in [5, 5.41) is 9.49. The standard InChI is InChI=1S/C33H34ClN5O3/c1-42-27-12-7-11-26(23-27)33(41)39(20-17-25-9-3-2-4-10-25)24-32(40)38-19-8-18-37(21-22-38)31-16-15-30(35-36-31)28-13-5-6-14-29(28)34/h2-7,9-16,23H,8,17-22,24H2,1H3. The lowest BCUT2D eigenvalue weighted by Crippen LogP contribution is -2.45. The van der Waals surface area contributed by atoms with Crippen LogP contribution in [0.3, 0.4) is 0 Å². The summed E-state index contributed by atoms with van der Waals surface area (Å²) in [5.74, 6) is 1.11. The number of carbonyl (C=O) groups excluding carboxylic acids is 2. The molecule has 1 saturated heterocycles. The topological polar surface area (TPSA) is 78.9 Å². The van der Waals surface area contributed by atoms with Gasteiger partial charge in [-0.2, -0.15) is 0 Å². The molecule has 5 rings (SSSR count). The fourth-order valence-corrected chi connectivity index (χ4v) is 5.30. The zero-order valence-corrected chi connectivity index (χ0v) is 24.4. The predicted molar refractivity (Wildman–Crippen MR) is 165 cm³/mol. The molecule has 0 bridgehead atoms. The Morgan fingerprint density at radius 3 is 2.45 bits per heavy atom. The first-order chi connectivity index (χ1) is 20.5. The lowest BCUT2D eigenvalue weighted by Gasteiger charge is -2.27. The van der Waals surface area contributed by atoms with Crippen molar-refractivity contribution in [2.45, 2.75) is 12.8 Å². The smallest absolute Gasteiger partial charge is 0.254 e. The maximum atomic E-state index is 13.6. The molecule has 0 N–H and O–H groups in total. The fraction of sp³-hybridized carbons (Fsp3) is 0.273. The molecule has 9 heteroatoms. The SMILES string of the molecule is COc1cccc(C(=O)N(CCc2ccccc2)CC(=O)N2CCCN(c3ccc(-c4ccccc4Cl)nn3)CC2)c1. The first kappa shape index (κ1) is 29.1. The molecule has 0 spiro atoms. The lowest BCUT2D eigenvalue weighted by atomic mass is 10.1. The summed E-state index contributed by atoms with van der Waals surface area (Å²) in [4.78, 5) is 32.8. The van der Waals surface area contributed by atoms with Crippen LogP contribution in [0.25, 0.3) is 11.3 Å². The van der Waals surface area contributed by atoms with Gasteiger partial charge in [-0.15, -0.1) is 10.2 Å². The number of aromatic nitrogens is 2. The van der Waals surface area contributed by atoms with Gasteiger partial charge in [0.2, 0.25) is 5.91 Å². The minimum atomic E-state index is -0.191. The van der Waals surface area contributed by atoms with E-state index < -0.39 is 0 Å². The average Bonchev–Trinajstić information content (AvgIpc) is 3.30. The number of anilines is 1. The maximum absolute atomic E-state index is 13.6. The van der Waals surface area contributed by atoms with Gasteiger partial charge in [-0.1, -0.05) is 66.2 Å². The Labute approximate surface area is 251 Å². The Bertz CT molecular complexity index is 1500. The number of carbonyl (C=O) groups is 2. The van der Waals surface area contributed by atoms with Crippen molar-refractivity contribution in [2.75, 3.05) is 51.3 Å². The molecule has 1 aliphatic rings. The van der Waals surface area contributed by atoms with E-state index in [0.717, 1.165) is 29.9 Å². The van der Waals surface area contributed by atoms with Crippen LogP contribution in [0.4, 0.5) is 5.82 Å². The normalized spacial score (nSPS) is 13.4. The van der Waals surface area contributed by atoms with E-state index in [-0.39, 0.29) is 18.4 Å². The molecule has 8 nitrogen and oxygen atoms in total. The molecule has 216 valence electrons. The number of amides is 2. The summed E-state index contributed by atoms with van der Waals surface area (Å²) in [6, 6.07) is 28.5. The van der Waals surface area contributed by atoms with Gasteiger partial charge in [0, 0.05) is 43.9 Å². The second-order valence-electron chi connectivity index (χ2n) is 10.2. The third kappa shape index (κ3) is 7.25. The van der Waals surface area contributed by atoms with Gasteiger partial charge in [0.15, 0.2) is 5.82 Å². The first-order valence-electron chi connectivity index (χ1n) is 14.1. The molecule has 0 atom stereocenters. The van der Waals surface area contributed by atoms with E-state index in [1.807, 2.05) is 71.6 Å². The molecule has 1 aromatic heterocycles. The highest BCUT2D eigenvalue weighted by Crippen LogP contribution is 2.26. The van der Waals surface area contributed by atoms with E-state index >= 15 is 0 Å². The van der Waals surface area contributed by atoms with E-state index in [0.29, 0.717) is 54.6 Å². The van der Waals surface area contributed by atoms with Crippen molar-refractivity contribution >= 4 is 29.2 Å². The molecular formula is C33H34ClN5O3. The predicted octanol–water partition coefficient (Wildman–Crippen LogP) is 5.23. The number of nitrogens with zero attached hydrogens (tertiary/aromatic N) is 5. The van der Waals surface area contributed by atoms with E-state index in [1.54, 1.807) is 36.3 Å². The molecule has 0 unspecified atom stereocenters. The maximum Gasteiger partial charge on any atom is 0.254 e. The Morgan fingerprint density at radius 1 is 0.881 bits per heavy atom. The number of benzene rings is 3. The molecule has 2 amide bonds. The Kier molecular flexibility index (Phi) is 9.66. The van der Waals surface area contributed by atoms with Gasteiger partial charge in [-0.05, 0) is 54.8 Å². The Hall–Kier alpha value is -4.43. The summed E-state index contributed by atoms with van der Waals surface area (Å²) >= 11 is 6.32. The van der Waals surface area contributed by atoms with Crippen molar-refractivity contribution < 1.29 is 14.3 Å². The molecule has 0 radical (unpaired) electrons. The number of rotatable bonds is 9. The van der Waals surface area contributed by atoms with Gasteiger partial charge in [-0.25, -0.2) is 0 Å². The summed E-state index contributed by atoms with van der Waals surface area (Å²) in [5.41, 5.74) is 3.16. The van der Waals surface area contributed by atoms with Crippen LogP contribution in [-0.4, -0.2) is 78.2 Å². The third-order valence-corrected chi connectivity index (χ3v) is 7.75. The van der Waals surface area contributed by atoms with Crippen LogP contribution >= 0.6 is 11.6 Å². The quantitative estimate of drug-likeness (QED) is 0.268. The molecule has 3 aromatic carbocycles. The van der Waals surface area contributed by atoms with Crippen molar-refractivity contribution in [1.82, 2.24) is 20.0 Å². The molecule has 4 aromatic rings. The van der Waals surface area contributed by atoms with Gasteiger partial charge in [0.25, 0.3) is 5.91 Å². The molecular weight excluding hydrogens is 550 g/mol. The Morgan fingerprint density at radius 2 is 1.69 bits per heavy atom. The molecule has 0 saturated carbocycles. The van der Waals surface area contributed by atoms with Gasteiger partial charge in [-0.3, -0.25) is 9.59 Å². The van der Waals surface area contributed by atoms with Crippen molar-refractivity contribution in [2.24, 2.45) is 0 Å². The molecule has 1 aliphatic heterocycles. The highest BCUT2D eigenvalue weighted by Gasteiger charge is 2.25. The van der Waals surface area contributed by atoms with Crippen LogP contribution in [0.2, 0.25) is 5.02 Å². The van der Waals surface area contributed by atoms with E-state index in [2.05, 4.69) is 15.1 Å². The second-order valence-corrected chi connectivity index (χ2v) is 10.6. The average molecular weight is 584 g/mol. The van der Waals surface area contributed by atoms with Crippen molar-refractivity contribution in [3.63, 3.8) is 0 Å². The van der Waals surface area contributed by atoms with Gasteiger partial charge in [0.1, 0.15) is 12.3 Å². The molecule has 2 heterocycles. The highest BCUT2D eigenvalue weighted by atomic mass is 35.5. The Balaban J connectivity index is 1.24. The van der Waals surface area contributed by atoms with Crippen LogP contribution in [0.5, 0.6) is 5.75 Å². The van der Waals surface area contributed by atoms with Crippen molar-refractivity contribution in [3.8, 4) is 17.0 Å². The fourth-order valence-electron chi connectivity index (χ4n) is 5.07. The third-order valence-electron chi connectivity index (χ3n) is 7.42. The molecule has 42 heavy (non-hydrogen) atoms. The van der Waals surface area contributed by atoms with Crippen LogP contribution < -0.4 is 9.64 Å². The van der Waals surface area contributed by atoms with Crippen LogP contribution in [0, 0.1) is 0 Å². The number of ether oxygens (including phenoxy) is 1. The zero-order valence-electron chi connectivity index (χ0n) is 23.7. The molecule has 1 fully saturated rings. The second kappa shape index (κ2) is 14.0.